The first-order chi connectivity index (χ1) is 8.50. The predicted molar refractivity (Wildman–Crippen MR) is 77.3 cm³/mol. The Morgan fingerprint density at radius 3 is 2.50 bits per heavy atom. The van der Waals surface area contributed by atoms with E-state index in [0.29, 0.717) is 11.4 Å². The fraction of sp³-hybridized carbons (Fsp3) is 0.214. The lowest BCUT2D eigenvalue weighted by Crippen LogP contribution is -2.14. The molecule has 1 aromatic carbocycles. The molecule has 4 heteroatoms. The third-order valence-electron chi connectivity index (χ3n) is 3.07. The van der Waals surface area contributed by atoms with Gasteiger partial charge in [-0.2, -0.15) is 0 Å². The van der Waals surface area contributed by atoms with Crippen LogP contribution in [0.2, 0.25) is 0 Å². The molecule has 0 spiro atoms. The second-order valence-corrected chi connectivity index (χ2v) is 5.27. The number of nitrogens with one attached hydrogen (secondary N) is 1. The van der Waals surface area contributed by atoms with E-state index >= 15 is 0 Å². The molecule has 0 fully saturated rings. The minimum Gasteiger partial charge on any atom is -0.397 e. The number of hydrogen-bond acceptors (Lipinski definition) is 3. The normalized spacial score (nSPS) is 10.4. The molecule has 1 amide bonds. The molecule has 94 valence electrons. The van der Waals surface area contributed by atoms with Crippen molar-refractivity contribution in [1.29, 1.82) is 0 Å². The van der Waals surface area contributed by atoms with E-state index in [1.165, 1.54) is 11.3 Å². The third kappa shape index (κ3) is 2.24. The van der Waals surface area contributed by atoms with Crippen LogP contribution in [0.1, 0.15) is 26.4 Å². The average molecular weight is 260 g/mol. The molecule has 1 heterocycles. The van der Waals surface area contributed by atoms with Crippen LogP contribution < -0.4 is 11.1 Å². The second-order valence-electron chi connectivity index (χ2n) is 4.36. The highest BCUT2D eigenvalue weighted by Crippen LogP contribution is 2.27. The van der Waals surface area contributed by atoms with Gasteiger partial charge >= 0.3 is 0 Å². The lowest BCUT2D eigenvalue weighted by atomic mass is 10.1. The molecule has 0 radical (unpaired) electrons. The maximum atomic E-state index is 12.2. The van der Waals surface area contributed by atoms with Gasteiger partial charge in [-0.05, 0) is 55.0 Å². The summed E-state index contributed by atoms with van der Waals surface area (Å²) in [6.45, 7) is 5.89. The molecular formula is C14H16N2OS. The maximum absolute atomic E-state index is 12.2. The SMILES string of the molecule is Cc1ccsc1C(=O)Nc1c(N)ccc(C)c1C. The summed E-state index contributed by atoms with van der Waals surface area (Å²) in [5.41, 5.74) is 10.3. The van der Waals surface area contributed by atoms with Crippen molar-refractivity contribution in [3.05, 3.63) is 45.1 Å². The molecule has 0 unspecified atom stereocenters. The zero-order valence-corrected chi connectivity index (χ0v) is 11.5. The van der Waals surface area contributed by atoms with Crippen molar-refractivity contribution in [1.82, 2.24) is 0 Å². The van der Waals surface area contributed by atoms with E-state index in [1.807, 2.05) is 44.4 Å². The quantitative estimate of drug-likeness (QED) is 0.812. The molecule has 18 heavy (non-hydrogen) atoms. The zero-order chi connectivity index (χ0) is 13.3. The molecule has 0 aliphatic carbocycles. The van der Waals surface area contributed by atoms with E-state index in [-0.39, 0.29) is 5.91 Å². The van der Waals surface area contributed by atoms with Crippen molar-refractivity contribution >= 4 is 28.6 Å². The van der Waals surface area contributed by atoms with Crippen LogP contribution in [-0.4, -0.2) is 5.91 Å². The van der Waals surface area contributed by atoms with Crippen LogP contribution in [0, 0.1) is 20.8 Å². The minimum absolute atomic E-state index is 0.0945. The summed E-state index contributed by atoms with van der Waals surface area (Å²) in [4.78, 5) is 12.9. The molecule has 0 atom stereocenters. The van der Waals surface area contributed by atoms with Crippen molar-refractivity contribution in [3.63, 3.8) is 0 Å². The summed E-state index contributed by atoms with van der Waals surface area (Å²) < 4.78 is 0. The number of hydrogen-bond donors (Lipinski definition) is 2. The Hall–Kier alpha value is -1.81. The molecule has 3 N–H and O–H groups in total. The van der Waals surface area contributed by atoms with Gasteiger partial charge in [-0.3, -0.25) is 4.79 Å². The number of thiophene rings is 1. The van der Waals surface area contributed by atoms with E-state index < -0.39 is 0 Å². The Morgan fingerprint density at radius 2 is 1.89 bits per heavy atom. The summed E-state index contributed by atoms with van der Waals surface area (Å²) in [6.07, 6.45) is 0. The van der Waals surface area contributed by atoms with Crippen molar-refractivity contribution in [2.24, 2.45) is 0 Å². The first-order valence-corrected chi connectivity index (χ1v) is 6.59. The van der Waals surface area contributed by atoms with Gasteiger partial charge in [0.25, 0.3) is 5.91 Å². The summed E-state index contributed by atoms with van der Waals surface area (Å²) in [5.74, 6) is -0.0945. The second kappa shape index (κ2) is 4.82. The molecule has 0 saturated heterocycles. The van der Waals surface area contributed by atoms with Crippen LogP contribution in [0.15, 0.2) is 23.6 Å². The largest absolute Gasteiger partial charge is 0.397 e. The molecule has 3 nitrogen and oxygen atoms in total. The van der Waals surface area contributed by atoms with Gasteiger partial charge in [0.05, 0.1) is 16.3 Å². The number of rotatable bonds is 2. The average Bonchev–Trinajstić information content (AvgIpc) is 2.76. The first kappa shape index (κ1) is 12.6. The number of benzene rings is 1. The number of anilines is 2. The van der Waals surface area contributed by atoms with E-state index in [1.54, 1.807) is 0 Å². The van der Waals surface area contributed by atoms with E-state index in [4.69, 9.17) is 5.73 Å². The monoisotopic (exact) mass is 260 g/mol. The van der Waals surface area contributed by atoms with Crippen molar-refractivity contribution in [2.45, 2.75) is 20.8 Å². The molecule has 0 aliphatic rings. The first-order valence-electron chi connectivity index (χ1n) is 5.72. The lowest BCUT2D eigenvalue weighted by molar-refractivity contribution is 0.103. The van der Waals surface area contributed by atoms with E-state index in [2.05, 4.69) is 5.32 Å². The Morgan fingerprint density at radius 1 is 1.17 bits per heavy atom. The number of aryl methyl sites for hydroxylation is 2. The van der Waals surface area contributed by atoms with Gasteiger partial charge in [0.15, 0.2) is 0 Å². The topological polar surface area (TPSA) is 55.1 Å². The van der Waals surface area contributed by atoms with Crippen LogP contribution in [0.25, 0.3) is 0 Å². The van der Waals surface area contributed by atoms with Crippen molar-refractivity contribution in [2.75, 3.05) is 11.1 Å². The fourth-order valence-corrected chi connectivity index (χ4v) is 2.60. The highest BCUT2D eigenvalue weighted by atomic mass is 32.1. The molecule has 2 aromatic rings. The highest BCUT2D eigenvalue weighted by molar-refractivity contribution is 7.12. The summed E-state index contributed by atoms with van der Waals surface area (Å²) in [7, 11) is 0. The van der Waals surface area contributed by atoms with E-state index in [0.717, 1.165) is 21.6 Å². The van der Waals surface area contributed by atoms with Gasteiger partial charge in [0.2, 0.25) is 0 Å². The predicted octanol–water partition coefficient (Wildman–Crippen LogP) is 3.51. The molecule has 2 rings (SSSR count). The summed E-state index contributed by atoms with van der Waals surface area (Å²) in [6, 6.07) is 5.71. The molecule has 0 aliphatic heterocycles. The number of carbonyl (C=O) groups excluding carboxylic acids is 1. The Kier molecular flexibility index (Phi) is 3.39. The maximum Gasteiger partial charge on any atom is 0.266 e. The third-order valence-corrected chi connectivity index (χ3v) is 4.09. The van der Waals surface area contributed by atoms with Gasteiger partial charge in [-0.1, -0.05) is 6.07 Å². The van der Waals surface area contributed by atoms with Gasteiger partial charge in [0.1, 0.15) is 0 Å². The number of amides is 1. The minimum atomic E-state index is -0.0945. The Bertz CT molecular complexity index is 602. The molecule has 0 saturated carbocycles. The summed E-state index contributed by atoms with van der Waals surface area (Å²) >= 11 is 1.44. The fourth-order valence-electron chi connectivity index (χ4n) is 1.78. The van der Waals surface area contributed by atoms with E-state index in [9.17, 15) is 4.79 Å². The lowest BCUT2D eigenvalue weighted by Gasteiger charge is -2.13. The standard InChI is InChI=1S/C14H16N2OS/c1-8-4-5-11(15)12(10(8)3)16-14(17)13-9(2)6-7-18-13/h4-7H,15H2,1-3H3,(H,16,17). The molecular weight excluding hydrogens is 244 g/mol. The van der Waals surface area contributed by atoms with Crippen LogP contribution in [0.5, 0.6) is 0 Å². The van der Waals surface area contributed by atoms with Gasteiger partial charge in [-0.25, -0.2) is 0 Å². The van der Waals surface area contributed by atoms with Crippen LogP contribution in [-0.2, 0) is 0 Å². The van der Waals surface area contributed by atoms with Gasteiger partial charge in [-0.15, -0.1) is 11.3 Å². The zero-order valence-electron chi connectivity index (χ0n) is 10.7. The van der Waals surface area contributed by atoms with Crippen molar-refractivity contribution in [3.8, 4) is 0 Å². The highest BCUT2D eigenvalue weighted by Gasteiger charge is 2.14. The van der Waals surface area contributed by atoms with Crippen LogP contribution in [0.4, 0.5) is 11.4 Å². The number of nitrogens with two attached hydrogens (primary N) is 1. The van der Waals surface area contributed by atoms with Gasteiger partial charge in [0, 0.05) is 0 Å². The van der Waals surface area contributed by atoms with Crippen molar-refractivity contribution < 1.29 is 4.79 Å². The molecule has 1 aromatic heterocycles. The van der Waals surface area contributed by atoms with Crippen LogP contribution >= 0.6 is 11.3 Å². The Balaban J connectivity index is 2.33. The number of nitrogen functional groups attached to an aromatic ring is 1. The van der Waals surface area contributed by atoms with Gasteiger partial charge < -0.3 is 11.1 Å². The Labute approximate surface area is 111 Å². The number of carbonyl (C=O) groups is 1. The summed E-state index contributed by atoms with van der Waals surface area (Å²) in [5, 5.41) is 4.82. The smallest absolute Gasteiger partial charge is 0.266 e. The molecule has 0 bridgehead atoms. The van der Waals surface area contributed by atoms with Crippen LogP contribution in [0.3, 0.4) is 0 Å².